The molecule has 0 aliphatic heterocycles. The Balaban J connectivity index is 1.83. The standard InChI is InChI=1S/C14H11N3OS/c15-10-3-1-9(2-4-10)14(18)17-11-5-6-12-13(7-11)19-8-16-12/h1-8H,15H2,(H,17,18). The molecular weight excluding hydrogens is 258 g/mol. The maximum Gasteiger partial charge on any atom is 0.255 e. The van der Waals surface area contributed by atoms with Crippen LogP contribution in [0.25, 0.3) is 10.2 Å². The number of fused-ring (bicyclic) bond motifs is 1. The van der Waals surface area contributed by atoms with E-state index in [0.717, 1.165) is 15.9 Å². The summed E-state index contributed by atoms with van der Waals surface area (Å²) in [5, 5.41) is 2.86. The largest absolute Gasteiger partial charge is 0.399 e. The highest BCUT2D eigenvalue weighted by atomic mass is 32.1. The van der Waals surface area contributed by atoms with Crippen molar-refractivity contribution >= 4 is 38.8 Å². The van der Waals surface area contributed by atoms with Crippen LogP contribution in [0.4, 0.5) is 11.4 Å². The van der Waals surface area contributed by atoms with Crippen LogP contribution in [0.5, 0.6) is 0 Å². The lowest BCUT2D eigenvalue weighted by Crippen LogP contribution is -2.11. The van der Waals surface area contributed by atoms with Crippen molar-refractivity contribution < 1.29 is 4.79 Å². The first-order valence-corrected chi connectivity index (χ1v) is 6.60. The van der Waals surface area contributed by atoms with Crippen molar-refractivity contribution in [2.24, 2.45) is 0 Å². The molecule has 0 bridgehead atoms. The summed E-state index contributed by atoms with van der Waals surface area (Å²) in [7, 11) is 0. The fourth-order valence-electron chi connectivity index (χ4n) is 1.77. The van der Waals surface area contributed by atoms with Crippen molar-refractivity contribution in [3.63, 3.8) is 0 Å². The van der Waals surface area contributed by atoms with Gasteiger partial charge in [0.05, 0.1) is 15.7 Å². The maximum atomic E-state index is 12.0. The fourth-order valence-corrected chi connectivity index (χ4v) is 2.49. The average Bonchev–Trinajstić information content (AvgIpc) is 2.87. The van der Waals surface area contributed by atoms with Crippen LogP contribution in [0.15, 0.2) is 48.0 Å². The summed E-state index contributed by atoms with van der Waals surface area (Å²) in [5.74, 6) is -0.149. The van der Waals surface area contributed by atoms with Crippen molar-refractivity contribution in [2.75, 3.05) is 11.1 Å². The summed E-state index contributed by atoms with van der Waals surface area (Å²) in [6.07, 6.45) is 0. The van der Waals surface area contributed by atoms with Crippen LogP contribution in [-0.4, -0.2) is 10.9 Å². The summed E-state index contributed by atoms with van der Waals surface area (Å²) in [4.78, 5) is 16.2. The molecule has 0 spiro atoms. The average molecular weight is 269 g/mol. The highest BCUT2D eigenvalue weighted by Gasteiger charge is 2.06. The van der Waals surface area contributed by atoms with Crippen LogP contribution in [0, 0.1) is 0 Å². The van der Waals surface area contributed by atoms with E-state index in [9.17, 15) is 4.79 Å². The number of carbonyl (C=O) groups is 1. The van der Waals surface area contributed by atoms with Crippen LogP contribution in [-0.2, 0) is 0 Å². The van der Waals surface area contributed by atoms with Gasteiger partial charge in [0.2, 0.25) is 0 Å². The summed E-state index contributed by atoms with van der Waals surface area (Å²) in [6.45, 7) is 0. The molecule has 4 nitrogen and oxygen atoms in total. The van der Waals surface area contributed by atoms with Crippen LogP contribution in [0.3, 0.4) is 0 Å². The fraction of sp³-hybridized carbons (Fsp3) is 0. The predicted molar refractivity (Wildman–Crippen MR) is 78.4 cm³/mol. The van der Waals surface area contributed by atoms with Gasteiger partial charge in [0.25, 0.3) is 5.91 Å². The lowest BCUT2D eigenvalue weighted by atomic mass is 10.2. The van der Waals surface area contributed by atoms with E-state index in [4.69, 9.17) is 5.73 Å². The molecule has 1 heterocycles. The van der Waals surface area contributed by atoms with Gasteiger partial charge in [0.1, 0.15) is 0 Å². The zero-order valence-electron chi connectivity index (χ0n) is 9.96. The van der Waals surface area contributed by atoms with Gasteiger partial charge >= 0.3 is 0 Å². The predicted octanol–water partition coefficient (Wildman–Crippen LogP) is 3.13. The van der Waals surface area contributed by atoms with Crippen molar-refractivity contribution in [3.8, 4) is 0 Å². The molecule has 0 atom stereocenters. The summed E-state index contributed by atoms with van der Waals surface area (Å²) in [5.41, 5.74) is 10.3. The molecule has 0 unspecified atom stereocenters. The molecule has 5 heteroatoms. The minimum Gasteiger partial charge on any atom is -0.399 e. The summed E-state index contributed by atoms with van der Waals surface area (Å²) >= 11 is 1.55. The van der Waals surface area contributed by atoms with Crippen LogP contribution < -0.4 is 11.1 Å². The van der Waals surface area contributed by atoms with Gasteiger partial charge in [-0.05, 0) is 42.5 Å². The molecule has 19 heavy (non-hydrogen) atoms. The number of hydrogen-bond acceptors (Lipinski definition) is 4. The quantitative estimate of drug-likeness (QED) is 0.702. The first-order chi connectivity index (χ1) is 9.22. The van der Waals surface area contributed by atoms with Gasteiger partial charge < -0.3 is 11.1 Å². The minimum absolute atomic E-state index is 0.149. The maximum absolute atomic E-state index is 12.0. The third-order valence-electron chi connectivity index (χ3n) is 2.76. The van der Waals surface area contributed by atoms with E-state index in [2.05, 4.69) is 10.3 Å². The molecule has 94 valence electrons. The van der Waals surface area contributed by atoms with Gasteiger partial charge in [-0.1, -0.05) is 0 Å². The highest BCUT2D eigenvalue weighted by molar-refractivity contribution is 7.16. The van der Waals surface area contributed by atoms with E-state index in [1.807, 2.05) is 18.2 Å². The van der Waals surface area contributed by atoms with Crippen molar-refractivity contribution in [3.05, 3.63) is 53.5 Å². The Bertz CT molecular complexity index is 734. The van der Waals surface area contributed by atoms with Gasteiger partial charge in [-0.15, -0.1) is 11.3 Å². The Morgan fingerprint density at radius 1 is 1.16 bits per heavy atom. The SMILES string of the molecule is Nc1ccc(C(=O)Nc2ccc3ncsc3c2)cc1. The van der Waals surface area contributed by atoms with E-state index < -0.39 is 0 Å². The summed E-state index contributed by atoms with van der Waals surface area (Å²) in [6, 6.07) is 12.5. The number of hydrogen-bond donors (Lipinski definition) is 2. The number of rotatable bonds is 2. The molecular formula is C14H11N3OS. The van der Waals surface area contributed by atoms with Crippen molar-refractivity contribution in [2.45, 2.75) is 0 Å². The Labute approximate surface area is 113 Å². The van der Waals surface area contributed by atoms with E-state index in [-0.39, 0.29) is 5.91 Å². The van der Waals surface area contributed by atoms with E-state index in [1.54, 1.807) is 41.1 Å². The molecule has 0 saturated heterocycles. The molecule has 3 N–H and O–H groups in total. The minimum atomic E-state index is -0.149. The Kier molecular flexibility index (Phi) is 2.89. The number of carbonyl (C=O) groups excluding carboxylic acids is 1. The number of anilines is 2. The number of nitrogens with zero attached hydrogens (tertiary/aromatic N) is 1. The third kappa shape index (κ3) is 2.41. The van der Waals surface area contributed by atoms with Crippen LogP contribution >= 0.6 is 11.3 Å². The molecule has 1 amide bonds. The molecule has 0 saturated carbocycles. The van der Waals surface area contributed by atoms with Gasteiger partial charge in [-0.3, -0.25) is 4.79 Å². The van der Waals surface area contributed by atoms with Crippen LogP contribution in [0.1, 0.15) is 10.4 Å². The molecule has 0 aliphatic carbocycles. The first kappa shape index (κ1) is 11.7. The molecule has 3 aromatic rings. The van der Waals surface area contributed by atoms with E-state index >= 15 is 0 Å². The number of nitrogens with two attached hydrogens (primary N) is 1. The lowest BCUT2D eigenvalue weighted by molar-refractivity contribution is 0.102. The van der Waals surface area contributed by atoms with Gasteiger partial charge in [-0.2, -0.15) is 0 Å². The topological polar surface area (TPSA) is 68.0 Å². The highest BCUT2D eigenvalue weighted by Crippen LogP contribution is 2.22. The van der Waals surface area contributed by atoms with Gasteiger partial charge in [0, 0.05) is 16.9 Å². The Morgan fingerprint density at radius 2 is 1.95 bits per heavy atom. The molecule has 3 rings (SSSR count). The van der Waals surface area contributed by atoms with Gasteiger partial charge in [0.15, 0.2) is 0 Å². The monoisotopic (exact) mass is 269 g/mol. The van der Waals surface area contributed by atoms with Crippen molar-refractivity contribution in [1.82, 2.24) is 4.98 Å². The molecule has 2 aromatic carbocycles. The molecule has 0 radical (unpaired) electrons. The number of nitrogen functional groups attached to an aromatic ring is 1. The normalized spacial score (nSPS) is 10.5. The number of benzene rings is 2. The third-order valence-corrected chi connectivity index (χ3v) is 3.55. The van der Waals surface area contributed by atoms with Gasteiger partial charge in [-0.25, -0.2) is 4.98 Å². The Morgan fingerprint density at radius 3 is 2.74 bits per heavy atom. The molecule has 1 aromatic heterocycles. The first-order valence-electron chi connectivity index (χ1n) is 5.72. The van der Waals surface area contributed by atoms with Crippen molar-refractivity contribution in [1.29, 1.82) is 0 Å². The number of aromatic nitrogens is 1. The van der Waals surface area contributed by atoms with E-state index in [0.29, 0.717) is 11.3 Å². The number of amides is 1. The smallest absolute Gasteiger partial charge is 0.255 e. The lowest BCUT2D eigenvalue weighted by Gasteiger charge is -2.05. The second kappa shape index (κ2) is 4.70. The zero-order chi connectivity index (χ0) is 13.2. The number of nitrogens with one attached hydrogen (secondary N) is 1. The zero-order valence-corrected chi connectivity index (χ0v) is 10.8. The Hall–Kier alpha value is -2.40. The number of thiazole rings is 1. The second-order valence-electron chi connectivity index (χ2n) is 4.11. The second-order valence-corrected chi connectivity index (χ2v) is 5.00. The molecule has 0 fully saturated rings. The summed E-state index contributed by atoms with van der Waals surface area (Å²) < 4.78 is 1.05. The van der Waals surface area contributed by atoms with Crippen LogP contribution in [0.2, 0.25) is 0 Å². The van der Waals surface area contributed by atoms with E-state index in [1.165, 1.54) is 0 Å². The molecule has 0 aliphatic rings.